The molecule has 6 rings (SSSR count). The zero-order chi connectivity index (χ0) is 31.6. The molecule has 0 bridgehead atoms. The average molecular weight is 635 g/mol. The predicted molar refractivity (Wildman–Crippen MR) is 173 cm³/mol. The maximum absolute atomic E-state index is 14.3. The van der Waals surface area contributed by atoms with E-state index < -0.39 is 11.7 Å². The van der Waals surface area contributed by atoms with Gasteiger partial charge in [0, 0.05) is 34.1 Å². The highest BCUT2D eigenvalue weighted by Crippen LogP contribution is 2.37. The molecule has 0 spiro atoms. The summed E-state index contributed by atoms with van der Waals surface area (Å²) in [7, 11) is 0. The standard InChI is InChI=1S/C36H38ClF3N4O/c1-24(25-9-4-2-5-10-25)41-35(45)33-30-14-13-28(37)22-32(30)42-34(26-11-8-12-27(21-26)36(38,39)40)31(33)23-43-19-15-29(16-20-43)44-17-6-3-7-18-44/h2,4-5,8-14,21-22,24,29H,3,6-7,15-20,23H2,1H3,(H,41,45)/t24-/m0/s1. The summed E-state index contributed by atoms with van der Waals surface area (Å²) in [6.07, 6.45) is 1.30. The number of nitrogens with zero attached hydrogens (tertiary/aromatic N) is 3. The molecule has 2 saturated heterocycles. The smallest absolute Gasteiger partial charge is 0.345 e. The number of pyridine rings is 1. The fourth-order valence-electron chi connectivity index (χ4n) is 6.82. The molecule has 1 amide bonds. The van der Waals surface area contributed by atoms with Crippen LogP contribution in [0, 0.1) is 0 Å². The lowest BCUT2D eigenvalue weighted by molar-refractivity contribution is -0.137. The van der Waals surface area contributed by atoms with Crippen molar-refractivity contribution in [3.05, 3.63) is 100 Å². The van der Waals surface area contributed by atoms with E-state index in [9.17, 15) is 18.0 Å². The molecule has 236 valence electrons. The molecule has 9 heteroatoms. The monoisotopic (exact) mass is 634 g/mol. The third-order valence-electron chi connectivity index (χ3n) is 9.23. The van der Waals surface area contributed by atoms with Crippen molar-refractivity contribution in [2.45, 2.75) is 63.8 Å². The number of hydrogen-bond acceptors (Lipinski definition) is 4. The Morgan fingerprint density at radius 3 is 2.40 bits per heavy atom. The third-order valence-corrected chi connectivity index (χ3v) is 9.47. The van der Waals surface area contributed by atoms with E-state index in [4.69, 9.17) is 16.6 Å². The summed E-state index contributed by atoms with van der Waals surface area (Å²) in [5.74, 6) is -0.299. The molecule has 2 aliphatic heterocycles. The minimum Gasteiger partial charge on any atom is -0.345 e. The second kappa shape index (κ2) is 13.5. The number of aromatic nitrogens is 1. The highest BCUT2D eigenvalue weighted by Gasteiger charge is 2.32. The minimum absolute atomic E-state index is 0.292. The summed E-state index contributed by atoms with van der Waals surface area (Å²) in [5, 5.41) is 4.21. The topological polar surface area (TPSA) is 48.5 Å². The van der Waals surface area contributed by atoms with Crippen LogP contribution in [0.1, 0.15) is 72.1 Å². The molecule has 1 aromatic heterocycles. The third kappa shape index (κ3) is 7.19. The van der Waals surface area contributed by atoms with E-state index >= 15 is 0 Å². The summed E-state index contributed by atoms with van der Waals surface area (Å²) in [6.45, 7) is 6.28. The first-order chi connectivity index (χ1) is 21.7. The molecule has 0 radical (unpaired) electrons. The second-order valence-corrected chi connectivity index (χ2v) is 12.7. The van der Waals surface area contributed by atoms with Crippen LogP contribution in [0.5, 0.6) is 0 Å². The Morgan fingerprint density at radius 1 is 0.956 bits per heavy atom. The second-order valence-electron chi connectivity index (χ2n) is 12.3. The zero-order valence-electron chi connectivity index (χ0n) is 25.4. The Morgan fingerprint density at radius 2 is 1.69 bits per heavy atom. The van der Waals surface area contributed by atoms with Crippen molar-refractivity contribution in [2.24, 2.45) is 0 Å². The Balaban J connectivity index is 1.43. The lowest BCUT2D eigenvalue weighted by Gasteiger charge is -2.40. The van der Waals surface area contributed by atoms with E-state index in [1.807, 2.05) is 37.3 Å². The van der Waals surface area contributed by atoms with Crippen molar-refractivity contribution in [1.82, 2.24) is 20.1 Å². The normalized spacial score (nSPS) is 17.8. The van der Waals surface area contributed by atoms with Crippen LogP contribution in [0.25, 0.3) is 22.2 Å². The van der Waals surface area contributed by atoms with Crippen LogP contribution in [0.4, 0.5) is 13.2 Å². The van der Waals surface area contributed by atoms with Crippen LogP contribution in [-0.4, -0.2) is 52.9 Å². The number of hydrogen-bond donors (Lipinski definition) is 1. The number of likely N-dealkylation sites (tertiary alicyclic amines) is 2. The average Bonchev–Trinajstić information content (AvgIpc) is 3.05. The van der Waals surface area contributed by atoms with Crippen molar-refractivity contribution >= 4 is 28.4 Å². The number of halogens is 4. The largest absolute Gasteiger partial charge is 0.416 e. The molecule has 0 unspecified atom stereocenters. The molecule has 0 saturated carbocycles. The van der Waals surface area contributed by atoms with E-state index in [0.717, 1.165) is 56.7 Å². The van der Waals surface area contributed by atoms with Gasteiger partial charge in [0.25, 0.3) is 5.91 Å². The van der Waals surface area contributed by atoms with Gasteiger partial charge in [-0.15, -0.1) is 0 Å². The molecule has 45 heavy (non-hydrogen) atoms. The molecule has 1 N–H and O–H groups in total. The Hall–Kier alpha value is -3.46. The number of carbonyl (C=O) groups excluding carboxylic acids is 1. The summed E-state index contributed by atoms with van der Waals surface area (Å²) in [4.78, 5) is 24.1. The van der Waals surface area contributed by atoms with Gasteiger partial charge in [-0.2, -0.15) is 13.2 Å². The van der Waals surface area contributed by atoms with E-state index in [2.05, 4.69) is 15.1 Å². The van der Waals surface area contributed by atoms with Crippen LogP contribution in [0.2, 0.25) is 5.02 Å². The molecule has 4 aromatic rings. The molecule has 2 aliphatic rings. The van der Waals surface area contributed by atoms with Crippen LogP contribution < -0.4 is 5.32 Å². The number of carbonyl (C=O) groups is 1. The molecular weight excluding hydrogens is 597 g/mol. The van der Waals surface area contributed by atoms with Crippen molar-refractivity contribution in [1.29, 1.82) is 0 Å². The van der Waals surface area contributed by atoms with Crippen LogP contribution in [0.3, 0.4) is 0 Å². The Kier molecular flexibility index (Phi) is 9.45. The Bertz CT molecular complexity index is 1650. The van der Waals surface area contributed by atoms with Crippen LogP contribution in [-0.2, 0) is 12.7 Å². The molecule has 1 atom stereocenters. The lowest BCUT2D eigenvalue weighted by Crippen LogP contribution is -2.46. The summed E-state index contributed by atoms with van der Waals surface area (Å²) >= 11 is 6.37. The number of piperidine rings is 2. The van der Waals surface area contributed by atoms with Gasteiger partial charge in [0.1, 0.15) is 0 Å². The first-order valence-electron chi connectivity index (χ1n) is 15.8. The quantitative estimate of drug-likeness (QED) is 0.221. The van der Waals surface area contributed by atoms with Crippen molar-refractivity contribution in [3.63, 3.8) is 0 Å². The summed E-state index contributed by atoms with van der Waals surface area (Å²) in [5.41, 5.74) is 2.38. The zero-order valence-corrected chi connectivity index (χ0v) is 26.2. The van der Waals surface area contributed by atoms with Crippen molar-refractivity contribution in [2.75, 3.05) is 26.2 Å². The molecule has 5 nitrogen and oxygen atoms in total. The number of rotatable bonds is 7. The van der Waals surface area contributed by atoms with Crippen LogP contribution >= 0.6 is 11.6 Å². The number of nitrogens with one attached hydrogen (secondary N) is 1. The SMILES string of the molecule is C[C@H](NC(=O)c1c(CN2CCC(N3CCCCC3)CC2)c(-c2cccc(C(F)(F)F)c2)nc2cc(Cl)ccc12)c1ccccc1. The number of alkyl halides is 3. The van der Waals surface area contributed by atoms with Gasteiger partial charge in [-0.05, 0) is 88.6 Å². The Labute approximate surface area is 267 Å². The van der Waals surface area contributed by atoms with Crippen molar-refractivity contribution in [3.8, 4) is 11.3 Å². The van der Waals surface area contributed by atoms with Gasteiger partial charge in [0.2, 0.25) is 0 Å². The molecule has 3 heterocycles. The summed E-state index contributed by atoms with van der Waals surface area (Å²) < 4.78 is 41.6. The first kappa shape index (κ1) is 31.5. The van der Waals surface area contributed by atoms with E-state index in [0.29, 0.717) is 50.9 Å². The van der Waals surface area contributed by atoms with Gasteiger partial charge in [0.05, 0.1) is 28.4 Å². The lowest BCUT2D eigenvalue weighted by atomic mass is 9.93. The fraction of sp³-hybridized carbons (Fsp3) is 0.389. The van der Waals surface area contributed by atoms with Gasteiger partial charge < -0.3 is 10.2 Å². The molecule has 2 fully saturated rings. The summed E-state index contributed by atoms with van der Waals surface area (Å²) in [6, 6.07) is 20.3. The fourth-order valence-corrected chi connectivity index (χ4v) is 6.98. The van der Waals surface area contributed by atoms with Crippen LogP contribution in [0.15, 0.2) is 72.8 Å². The predicted octanol–water partition coefficient (Wildman–Crippen LogP) is 8.52. The molecule has 3 aromatic carbocycles. The molecular formula is C36H38ClF3N4O. The number of benzene rings is 3. The maximum atomic E-state index is 14.3. The van der Waals surface area contributed by atoms with E-state index in [-0.39, 0.29) is 11.9 Å². The highest BCUT2D eigenvalue weighted by atomic mass is 35.5. The maximum Gasteiger partial charge on any atom is 0.416 e. The van der Waals surface area contributed by atoms with Crippen molar-refractivity contribution < 1.29 is 18.0 Å². The number of fused-ring (bicyclic) bond motifs is 1. The molecule has 0 aliphatic carbocycles. The van der Waals surface area contributed by atoms with E-state index in [1.165, 1.54) is 25.3 Å². The highest BCUT2D eigenvalue weighted by molar-refractivity contribution is 6.31. The first-order valence-corrected chi connectivity index (χ1v) is 16.2. The minimum atomic E-state index is -4.52. The van der Waals surface area contributed by atoms with Gasteiger partial charge >= 0.3 is 6.18 Å². The van der Waals surface area contributed by atoms with Gasteiger partial charge in [-0.1, -0.05) is 66.6 Å². The van der Waals surface area contributed by atoms with E-state index in [1.54, 1.807) is 24.3 Å². The van der Waals surface area contributed by atoms with Gasteiger partial charge in [0.15, 0.2) is 0 Å². The van der Waals surface area contributed by atoms with Gasteiger partial charge in [-0.25, -0.2) is 4.98 Å². The van der Waals surface area contributed by atoms with Gasteiger partial charge in [-0.3, -0.25) is 9.69 Å². The number of amides is 1.